The van der Waals surface area contributed by atoms with E-state index in [1.807, 2.05) is 24.3 Å². The minimum Gasteiger partial charge on any atom is -0.772 e. The van der Waals surface area contributed by atoms with E-state index in [1.165, 1.54) is 0 Å². The highest BCUT2D eigenvalue weighted by atomic mass is 32.2. The monoisotopic (exact) mass is 194 g/mol. The number of hydrogen-bond acceptors (Lipinski definition) is 2. The molecule has 13 heavy (non-hydrogen) atoms. The summed E-state index contributed by atoms with van der Waals surface area (Å²) in [6.45, 7) is 0. The Kier molecular flexibility index (Phi) is 2.16. The van der Waals surface area contributed by atoms with Crippen molar-refractivity contribution in [2.75, 3.05) is 0 Å². The van der Waals surface area contributed by atoms with Gasteiger partial charge in [0.25, 0.3) is 0 Å². The third-order valence-electron chi connectivity index (χ3n) is 1.95. The molecule has 0 amide bonds. The third kappa shape index (κ3) is 1.64. The highest BCUT2D eigenvalue weighted by Gasteiger charge is 2.01. The lowest BCUT2D eigenvalue weighted by molar-refractivity contribution is 0.536. The van der Waals surface area contributed by atoms with Gasteiger partial charge in [0.2, 0.25) is 0 Å². The van der Waals surface area contributed by atoms with E-state index in [4.69, 9.17) is 0 Å². The number of H-pyrrole nitrogens is 1. The molecule has 68 valence electrons. The Labute approximate surface area is 78.1 Å². The first-order valence-electron chi connectivity index (χ1n) is 3.88. The first-order chi connectivity index (χ1) is 6.27. The van der Waals surface area contributed by atoms with Crippen molar-refractivity contribution in [3.05, 3.63) is 36.0 Å². The van der Waals surface area contributed by atoms with E-state index in [-0.39, 0.29) is 5.75 Å². The largest absolute Gasteiger partial charge is 0.772 e. The van der Waals surface area contributed by atoms with Gasteiger partial charge in [0, 0.05) is 22.9 Å². The van der Waals surface area contributed by atoms with Crippen LogP contribution in [0.3, 0.4) is 0 Å². The summed E-state index contributed by atoms with van der Waals surface area (Å²) in [5, 5.41) is 0.978. The average molecular weight is 194 g/mol. The predicted octanol–water partition coefficient (Wildman–Crippen LogP) is 1.55. The second-order valence-corrected chi connectivity index (χ2v) is 3.70. The van der Waals surface area contributed by atoms with Gasteiger partial charge in [-0.05, 0) is 11.6 Å². The van der Waals surface area contributed by atoms with Gasteiger partial charge < -0.3 is 9.54 Å². The topological polar surface area (TPSA) is 55.9 Å². The quantitative estimate of drug-likeness (QED) is 0.737. The van der Waals surface area contributed by atoms with Gasteiger partial charge >= 0.3 is 0 Å². The molecule has 4 heteroatoms. The fraction of sp³-hybridized carbons (Fsp3) is 0.111. The number of hydrogen-bond donors (Lipinski definition) is 1. The molecule has 0 aliphatic carbocycles. The molecule has 1 aromatic carbocycles. The Morgan fingerprint density at radius 1 is 1.38 bits per heavy atom. The molecule has 1 unspecified atom stereocenters. The summed E-state index contributed by atoms with van der Waals surface area (Å²) in [6, 6.07) is 7.64. The fourth-order valence-corrected chi connectivity index (χ4v) is 1.87. The molecule has 0 bridgehead atoms. The molecule has 1 heterocycles. The van der Waals surface area contributed by atoms with Gasteiger partial charge in [-0.25, -0.2) is 0 Å². The van der Waals surface area contributed by atoms with Crippen LogP contribution in [0, 0.1) is 0 Å². The maximum atomic E-state index is 10.5. The van der Waals surface area contributed by atoms with E-state index < -0.39 is 11.1 Å². The summed E-state index contributed by atoms with van der Waals surface area (Å²) < 4.78 is 21.0. The van der Waals surface area contributed by atoms with Crippen LogP contribution in [0.4, 0.5) is 0 Å². The summed E-state index contributed by atoms with van der Waals surface area (Å²) in [5.74, 6) is 0.0734. The van der Waals surface area contributed by atoms with E-state index in [0.29, 0.717) is 0 Å². The second-order valence-electron chi connectivity index (χ2n) is 2.81. The molecule has 2 rings (SSSR count). The molecule has 0 saturated carbocycles. The molecule has 1 N–H and O–H groups in total. The number of aromatic amines is 1. The molecule has 0 fully saturated rings. The molecule has 0 saturated heterocycles. The van der Waals surface area contributed by atoms with E-state index in [9.17, 15) is 8.76 Å². The zero-order chi connectivity index (χ0) is 9.26. The summed E-state index contributed by atoms with van der Waals surface area (Å²) in [6.07, 6.45) is 1.74. The predicted molar refractivity (Wildman–Crippen MR) is 50.9 cm³/mol. The Hall–Kier alpha value is -1.13. The smallest absolute Gasteiger partial charge is 0.0457 e. The first kappa shape index (κ1) is 8.47. The number of rotatable bonds is 2. The van der Waals surface area contributed by atoms with Gasteiger partial charge in [-0.3, -0.25) is 4.21 Å². The molecular weight excluding hydrogens is 186 g/mol. The van der Waals surface area contributed by atoms with Crippen LogP contribution in [-0.4, -0.2) is 13.7 Å². The summed E-state index contributed by atoms with van der Waals surface area (Å²) in [7, 11) is 0. The van der Waals surface area contributed by atoms with Crippen molar-refractivity contribution in [2.24, 2.45) is 0 Å². The van der Waals surface area contributed by atoms with Gasteiger partial charge in [0.15, 0.2) is 0 Å². The van der Waals surface area contributed by atoms with Crippen molar-refractivity contribution in [1.29, 1.82) is 0 Å². The summed E-state index contributed by atoms with van der Waals surface area (Å²) in [5.41, 5.74) is 1.80. The molecule has 1 atom stereocenters. The lowest BCUT2D eigenvalue weighted by atomic mass is 10.2. The third-order valence-corrected chi connectivity index (χ3v) is 2.49. The normalized spacial score (nSPS) is 13.3. The van der Waals surface area contributed by atoms with Crippen LogP contribution in [0.25, 0.3) is 10.9 Å². The molecule has 0 aliphatic rings. The van der Waals surface area contributed by atoms with E-state index in [2.05, 4.69) is 4.98 Å². The van der Waals surface area contributed by atoms with Crippen LogP contribution >= 0.6 is 0 Å². The lowest BCUT2D eigenvalue weighted by Gasteiger charge is -2.02. The SMILES string of the molecule is O=S([O-])Cc1c[nH]c2ccccc12. The Bertz CT molecular complexity index is 450. The van der Waals surface area contributed by atoms with Crippen LogP contribution in [-0.2, 0) is 16.8 Å². The highest BCUT2D eigenvalue weighted by Crippen LogP contribution is 2.18. The summed E-state index contributed by atoms with van der Waals surface area (Å²) >= 11 is -2.02. The minimum absolute atomic E-state index is 0.0734. The van der Waals surface area contributed by atoms with Crippen LogP contribution in [0.2, 0.25) is 0 Å². The van der Waals surface area contributed by atoms with Crippen LogP contribution in [0.5, 0.6) is 0 Å². The molecule has 0 radical (unpaired) electrons. The van der Waals surface area contributed by atoms with Crippen molar-refractivity contribution < 1.29 is 8.76 Å². The van der Waals surface area contributed by atoms with Gasteiger partial charge in [-0.15, -0.1) is 0 Å². The zero-order valence-corrected chi connectivity index (χ0v) is 7.64. The zero-order valence-electron chi connectivity index (χ0n) is 6.82. The molecule has 1 aromatic heterocycles. The standard InChI is InChI=1S/C9H9NO2S/c11-13(12)6-7-5-10-9-4-2-1-3-8(7)9/h1-5,10H,6H2,(H,11,12)/p-1. The maximum absolute atomic E-state index is 10.5. The highest BCUT2D eigenvalue weighted by molar-refractivity contribution is 7.78. The van der Waals surface area contributed by atoms with Crippen molar-refractivity contribution >= 4 is 22.0 Å². The second kappa shape index (κ2) is 3.32. The minimum atomic E-state index is -2.02. The lowest BCUT2D eigenvalue weighted by Crippen LogP contribution is -1.91. The van der Waals surface area contributed by atoms with Crippen LogP contribution < -0.4 is 0 Å². The Morgan fingerprint density at radius 3 is 2.92 bits per heavy atom. The van der Waals surface area contributed by atoms with E-state index >= 15 is 0 Å². The molecule has 0 spiro atoms. The summed E-state index contributed by atoms with van der Waals surface area (Å²) in [4.78, 5) is 3.02. The average Bonchev–Trinajstić information content (AvgIpc) is 2.48. The first-order valence-corrected chi connectivity index (χ1v) is 5.12. The number of para-hydroxylation sites is 1. The Balaban J connectivity index is 2.51. The number of benzene rings is 1. The van der Waals surface area contributed by atoms with Gasteiger partial charge in [0.05, 0.1) is 0 Å². The van der Waals surface area contributed by atoms with Gasteiger partial charge in [-0.2, -0.15) is 0 Å². The molecule has 2 aromatic rings. The van der Waals surface area contributed by atoms with Gasteiger partial charge in [0.1, 0.15) is 0 Å². The number of nitrogens with one attached hydrogen (secondary N) is 1. The maximum Gasteiger partial charge on any atom is 0.0457 e. The van der Waals surface area contributed by atoms with Crippen LogP contribution in [0.1, 0.15) is 5.56 Å². The Morgan fingerprint density at radius 2 is 2.15 bits per heavy atom. The fourth-order valence-electron chi connectivity index (χ4n) is 1.38. The molecule has 3 nitrogen and oxygen atoms in total. The van der Waals surface area contributed by atoms with E-state index in [0.717, 1.165) is 16.5 Å². The molecule has 0 aliphatic heterocycles. The molecular formula is C9H8NO2S-. The number of fused-ring (bicyclic) bond motifs is 1. The van der Waals surface area contributed by atoms with Gasteiger partial charge in [-0.1, -0.05) is 29.3 Å². The van der Waals surface area contributed by atoms with E-state index in [1.54, 1.807) is 6.20 Å². The van der Waals surface area contributed by atoms with Crippen molar-refractivity contribution in [1.82, 2.24) is 4.98 Å². The number of aromatic nitrogens is 1. The van der Waals surface area contributed by atoms with Crippen molar-refractivity contribution in [3.8, 4) is 0 Å². The van der Waals surface area contributed by atoms with Crippen molar-refractivity contribution in [2.45, 2.75) is 5.75 Å². The van der Waals surface area contributed by atoms with Crippen molar-refractivity contribution in [3.63, 3.8) is 0 Å². The van der Waals surface area contributed by atoms with Crippen LogP contribution in [0.15, 0.2) is 30.5 Å².